The molecule has 0 N–H and O–H groups in total. The predicted molar refractivity (Wildman–Crippen MR) is 99.5 cm³/mol. The molecule has 5 nitrogen and oxygen atoms in total. The smallest absolute Gasteiger partial charge is 0.264 e. The van der Waals surface area contributed by atoms with Crippen LogP contribution in [0.2, 0.25) is 0 Å². The van der Waals surface area contributed by atoms with Gasteiger partial charge in [-0.05, 0) is 49.2 Å². The first-order valence-corrected chi connectivity index (χ1v) is 10.7. The van der Waals surface area contributed by atoms with Crippen LogP contribution in [-0.2, 0) is 16.4 Å². The zero-order valence-electron chi connectivity index (χ0n) is 14.7. The van der Waals surface area contributed by atoms with Crippen molar-refractivity contribution in [3.63, 3.8) is 0 Å². The molecule has 2 aromatic rings. The van der Waals surface area contributed by atoms with Crippen LogP contribution in [0.25, 0.3) is 0 Å². The molecule has 3 rings (SSSR count). The molecule has 0 saturated carbocycles. The van der Waals surface area contributed by atoms with Crippen molar-refractivity contribution in [3.05, 3.63) is 51.5 Å². The highest BCUT2D eigenvalue weighted by Crippen LogP contribution is 2.24. The molecule has 0 aliphatic carbocycles. The van der Waals surface area contributed by atoms with Gasteiger partial charge in [-0.15, -0.1) is 11.3 Å². The zero-order chi connectivity index (χ0) is 18.9. The van der Waals surface area contributed by atoms with Gasteiger partial charge in [0.2, 0.25) is 10.0 Å². The zero-order valence-corrected chi connectivity index (χ0v) is 16.4. The van der Waals surface area contributed by atoms with Crippen molar-refractivity contribution in [1.82, 2.24) is 9.21 Å². The first-order chi connectivity index (χ1) is 12.3. The molecule has 1 fully saturated rings. The molecule has 2 heterocycles. The number of halogens is 1. The number of amides is 1. The molecular formula is C18H21FN2O3S2. The molecule has 0 radical (unpaired) electrons. The summed E-state index contributed by atoms with van der Waals surface area (Å²) in [6.45, 7) is 5.22. The maximum absolute atomic E-state index is 13.0. The lowest BCUT2D eigenvalue weighted by atomic mass is 10.2. The minimum Gasteiger partial charge on any atom is -0.335 e. The van der Waals surface area contributed by atoms with Gasteiger partial charge in [-0.3, -0.25) is 4.79 Å². The fourth-order valence-corrected chi connectivity index (χ4v) is 5.52. The van der Waals surface area contributed by atoms with Crippen LogP contribution in [0.5, 0.6) is 0 Å². The number of hydrogen-bond donors (Lipinski definition) is 0. The van der Waals surface area contributed by atoms with Gasteiger partial charge >= 0.3 is 0 Å². The molecule has 1 aromatic carbocycles. The number of hydrogen-bond acceptors (Lipinski definition) is 4. The van der Waals surface area contributed by atoms with Crippen LogP contribution in [0.4, 0.5) is 4.39 Å². The molecule has 1 aromatic heterocycles. The third kappa shape index (κ3) is 3.67. The third-order valence-electron chi connectivity index (χ3n) is 4.59. The summed E-state index contributed by atoms with van der Waals surface area (Å²) in [6, 6.07) is 6.74. The van der Waals surface area contributed by atoms with E-state index in [0.29, 0.717) is 18.0 Å². The lowest BCUT2D eigenvalue weighted by molar-refractivity contribution is 0.0702. The van der Waals surface area contributed by atoms with E-state index in [-0.39, 0.29) is 23.9 Å². The number of thiophene rings is 1. The number of sulfonamides is 1. The van der Waals surface area contributed by atoms with Crippen LogP contribution in [0.15, 0.2) is 35.2 Å². The Bertz CT molecular complexity index is 899. The number of aryl methyl sites for hydroxylation is 2. The highest BCUT2D eigenvalue weighted by molar-refractivity contribution is 7.89. The largest absolute Gasteiger partial charge is 0.335 e. The van der Waals surface area contributed by atoms with Crippen LogP contribution in [0.3, 0.4) is 0 Å². The lowest BCUT2D eigenvalue weighted by Crippen LogP contribution is -2.50. The molecule has 0 atom stereocenters. The van der Waals surface area contributed by atoms with E-state index in [4.69, 9.17) is 0 Å². The Morgan fingerprint density at radius 2 is 1.77 bits per heavy atom. The second-order valence-electron chi connectivity index (χ2n) is 6.20. The number of carbonyl (C=O) groups is 1. The van der Waals surface area contributed by atoms with Crippen LogP contribution in [-0.4, -0.2) is 49.7 Å². The minimum absolute atomic E-state index is 0.0448. The Morgan fingerprint density at radius 3 is 2.31 bits per heavy atom. The number of piperazine rings is 1. The van der Waals surface area contributed by atoms with Crippen molar-refractivity contribution in [2.24, 2.45) is 0 Å². The molecule has 1 saturated heterocycles. The van der Waals surface area contributed by atoms with E-state index in [1.807, 2.05) is 13.0 Å². The summed E-state index contributed by atoms with van der Waals surface area (Å²) < 4.78 is 39.6. The molecule has 0 bridgehead atoms. The number of carbonyl (C=O) groups excluding carboxylic acids is 1. The van der Waals surface area contributed by atoms with Crippen molar-refractivity contribution in [2.45, 2.75) is 25.2 Å². The lowest BCUT2D eigenvalue weighted by Gasteiger charge is -2.33. The summed E-state index contributed by atoms with van der Waals surface area (Å²) >= 11 is 1.49. The van der Waals surface area contributed by atoms with E-state index in [1.165, 1.54) is 33.3 Å². The Morgan fingerprint density at radius 1 is 1.15 bits per heavy atom. The first kappa shape index (κ1) is 19.0. The normalized spacial score (nSPS) is 16.0. The molecule has 1 aliphatic rings. The van der Waals surface area contributed by atoms with Gasteiger partial charge in [-0.1, -0.05) is 6.92 Å². The molecule has 26 heavy (non-hydrogen) atoms. The van der Waals surface area contributed by atoms with Crippen molar-refractivity contribution < 1.29 is 17.6 Å². The molecule has 8 heteroatoms. The summed E-state index contributed by atoms with van der Waals surface area (Å²) in [4.78, 5) is 16.3. The fourth-order valence-electron chi connectivity index (χ4n) is 3.02. The monoisotopic (exact) mass is 396 g/mol. The maximum Gasteiger partial charge on any atom is 0.264 e. The van der Waals surface area contributed by atoms with Gasteiger partial charge in [0, 0.05) is 31.1 Å². The Hall–Kier alpha value is -1.77. The molecular weight excluding hydrogens is 375 g/mol. The van der Waals surface area contributed by atoms with E-state index in [2.05, 4.69) is 6.92 Å². The quantitative estimate of drug-likeness (QED) is 0.799. The third-order valence-corrected chi connectivity index (χ3v) is 7.58. The van der Waals surface area contributed by atoms with E-state index in [0.717, 1.165) is 23.4 Å². The van der Waals surface area contributed by atoms with Gasteiger partial charge in [0.1, 0.15) is 5.82 Å². The van der Waals surface area contributed by atoms with Gasteiger partial charge in [-0.25, -0.2) is 12.8 Å². The van der Waals surface area contributed by atoms with Gasteiger partial charge in [0.05, 0.1) is 9.77 Å². The summed E-state index contributed by atoms with van der Waals surface area (Å²) in [5.41, 5.74) is 1.18. The second kappa shape index (κ2) is 7.46. The highest BCUT2D eigenvalue weighted by Gasteiger charge is 2.31. The van der Waals surface area contributed by atoms with Crippen LogP contribution < -0.4 is 0 Å². The van der Waals surface area contributed by atoms with Gasteiger partial charge in [-0.2, -0.15) is 4.31 Å². The molecule has 140 valence electrons. The second-order valence-corrected chi connectivity index (χ2v) is 9.39. The van der Waals surface area contributed by atoms with Gasteiger partial charge < -0.3 is 4.90 Å². The van der Waals surface area contributed by atoms with Crippen molar-refractivity contribution in [1.29, 1.82) is 0 Å². The van der Waals surface area contributed by atoms with E-state index < -0.39 is 15.8 Å². The van der Waals surface area contributed by atoms with E-state index in [1.54, 1.807) is 4.90 Å². The predicted octanol–water partition coefficient (Wildman–Crippen LogP) is 2.90. The van der Waals surface area contributed by atoms with Gasteiger partial charge in [0.15, 0.2) is 0 Å². The average molecular weight is 397 g/mol. The minimum atomic E-state index is -3.67. The van der Waals surface area contributed by atoms with E-state index >= 15 is 0 Å². The Balaban J connectivity index is 1.68. The van der Waals surface area contributed by atoms with Crippen molar-refractivity contribution in [3.8, 4) is 0 Å². The summed E-state index contributed by atoms with van der Waals surface area (Å²) in [5, 5.41) is 0. The highest BCUT2D eigenvalue weighted by atomic mass is 32.2. The summed E-state index contributed by atoms with van der Waals surface area (Å²) in [7, 11) is -3.67. The number of rotatable bonds is 4. The summed E-state index contributed by atoms with van der Waals surface area (Å²) in [6.07, 6.45) is 0.888. The fraction of sp³-hybridized carbons (Fsp3) is 0.389. The SMILES string of the molecule is CCc1cc(C(=O)N2CCN(S(=O)(=O)c3ccc(F)cc3)CC2)sc1C. The number of benzene rings is 1. The number of nitrogens with zero attached hydrogens (tertiary/aromatic N) is 2. The van der Waals surface area contributed by atoms with Crippen molar-refractivity contribution in [2.75, 3.05) is 26.2 Å². The van der Waals surface area contributed by atoms with Crippen LogP contribution in [0.1, 0.15) is 27.0 Å². The van der Waals surface area contributed by atoms with Gasteiger partial charge in [0.25, 0.3) is 5.91 Å². The topological polar surface area (TPSA) is 57.7 Å². The van der Waals surface area contributed by atoms with Crippen molar-refractivity contribution >= 4 is 27.3 Å². The molecule has 0 unspecified atom stereocenters. The van der Waals surface area contributed by atoms with E-state index in [9.17, 15) is 17.6 Å². The van der Waals surface area contributed by atoms with Crippen LogP contribution >= 0.6 is 11.3 Å². The maximum atomic E-state index is 13.0. The molecule has 1 aliphatic heterocycles. The molecule has 0 spiro atoms. The Labute approximate surface area is 157 Å². The average Bonchev–Trinajstić information content (AvgIpc) is 3.02. The van der Waals surface area contributed by atoms with Crippen LogP contribution in [0, 0.1) is 12.7 Å². The summed E-state index contributed by atoms with van der Waals surface area (Å²) in [5.74, 6) is -0.520. The molecule has 1 amide bonds. The Kier molecular flexibility index (Phi) is 5.45. The standard InChI is InChI=1S/C18H21FN2O3S2/c1-3-14-12-17(25-13(14)2)18(22)20-8-10-21(11-9-20)26(23,24)16-6-4-15(19)5-7-16/h4-7,12H,3,8-11H2,1-2H3. The first-order valence-electron chi connectivity index (χ1n) is 8.47.